The first kappa shape index (κ1) is 10.7. The molecule has 0 aromatic rings. The lowest BCUT2D eigenvalue weighted by atomic mass is 9.97. The Morgan fingerprint density at radius 2 is 1.92 bits per heavy atom. The molecule has 0 aromatic heterocycles. The van der Waals surface area contributed by atoms with Crippen molar-refractivity contribution in [2.75, 3.05) is 6.61 Å². The fourth-order valence-electron chi connectivity index (χ4n) is 1.50. The predicted molar refractivity (Wildman–Crippen MR) is 47.2 cm³/mol. The molecule has 4 nitrogen and oxygen atoms in total. The van der Waals surface area contributed by atoms with Gasteiger partial charge in [0.15, 0.2) is 0 Å². The molecule has 0 aromatic carbocycles. The van der Waals surface area contributed by atoms with Crippen LogP contribution < -0.4 is 0 Å². The zero-order chi connectivity index (χ0) is 9.84. The third-order valence-electron chi connectivity index (χ3n) is 2.27. The van der Waals surface area contributed by atoms with Gasteiger partial charge in [0.2, 0.25) is 0 Å². The number of ether oxygens (including phenoxy) is 1. The lowest BCUT2D eigenvalue weighted by Crippen LogP contribution is -2.48. The maximum absolute atomic E-state index is 9.47. The van der Waals surface area contributed by atoms with E-state index in [-0.39, 0.29) is 19.1 Å². The van der Waals surface area contributed by atoms with Crippen molar-refractivity contribution in [3.8, 4) is 0 Å². The van der Waals surface area contributed by atoms with Gasteiger partial charge >= 0.3 is 0 Å². The summed E-state index contributed by atoms with van der Waals surface area (Å²) < 4.78 is 5.28. The van der Waals surface area contributed by atoms with Gasteiger partial charge in [-0.2, -0.15) is 0 Å². The fourth-order valence-corrected chi connectivity index (χ4v) is 1.50. The van der Waals surface area contributed by atoms with Gasteiger partial charge in [0.25, 0.3) is 0 Å². The van der Waals surface area contributed by atoms with E-state index in [1.165, 1.54) is 0 Å². The molecule has 76 valence electrons. The Hall–Kier alpha value is -0.420. The molecule has 1 heterocycles. The van der Waals surface area contributed by atoms with Gasteiger partial charge in [-0.05, 0) is 6.42 Å². The molecule has 1 rings (SSSR count). The van der Waals surface area contributed by atoms with Crippen molar-refractivity contribution < 1.29 is 20.1 Å². The molecule has 3 N–H and O–H groups in total. The minimum Gasteiger partial charge on any atom is -0.394 e. The normalized spacial score (nSPS) is 40.2. The monoisotopic (exact) mass is 188 g/mol. The lowest BCUT2D eigenvalue weighted by molar-refractivity contribution is -0.177. The molecule has 0 aliphatic carbocycles. The van der Waals surface area contributed by atoms with E-state index in [2.05, 4.69) is 6.58 Å². The smallest absolute Gasteiger partial charge is 0.107 e. The zero-order valence-corrected chi connectivity index (χ0v) is 7.47. The maximum Gasteiger partial charge on any atom is 0.107 e. The van der Waals surface area contributed by atoms with Gasteiger partial charge in [-0.3, -0.25) is 0 Å². The molecule has 0 amide bonds. The van der Waals surface area contributed by atoms with E-state index >= 15 is 0 Å². The van der Waals surface area contributed by atoms with Crippen LogP contribution in [0.25, 0.3) is 0 Å². The molecule has 1 fully saturated rings. The summed E-state index contributed by atoms with van der Waals surface area (Å²) in [5.41, 5.74) is 0. The Balaban J connectivity index is 2.52. The second kappa shape index (κ2) is 4.72. The third-order valence-corrected chi connectivity index (χ3v) is 2.27. The van der Waals surface area contributed by atoms with E-state index in [1.807, 2.05) is 0 Å². The summed E-state index contributed by atoms with van der Waals surface area (Å²) in [5, 5.41) is 27.7. The standard InChI is InChI=1S/C9H16O4/c1-2-3-8-6(11)4-7(12)9(5-10)13-8/h2,6-12H,1,3-5H2. The van der Waals surface area contributed by atoms with Crippen molar-refractivity contribution in [3.05, 3.63) is 12.7 Å². The van der Waals surface area contributed by atoms with E-state index in [0.717, 1.165) is 0 Å². The van der Waals surface area contributed by atoms with Crippen molar-refractivity contribution in [2.24, 2.45) is 0 Å². The third kappa shape index (κ3) is 2.51. The molecule has 1 aliphatic rings. The van der Waals surface area contributed by atoms with E-state index in [1.54, 1.807) is 6.08 Å². The van der Waals surface area contributed by atoms with Crippen molar-refractivity contribution in [1.82, 2.24) is 0 Å². The Kier molecular flexibility index (Phi) is 3.87. The maximum atomic E-state index is 9.47. The summed E-state index contributed by atoms with van der Waals surface area (Å²) in [5.74, 6) is 0. The van der Waals surface area contributed by atoms with Crippen molar-refractivity contribution in [1.29, 1.82) is 0 Å². The molecular formula is C9H16O4. The van der Waals surface area contributed by atoms with Crippen LogP contribution in [-0.4, -0.2) is 46.3 Å². The van der Waals surface area contributed by atoms with E-state index < -0.39 is 18.3 Å². The van der Waals surface area contributed by atoms with E-state index in [9.17, 15) is 10.2 Å². The second-order valence-electron chi connectivity index (χ2n) is 3.29. The topological polar surface area (TPSA) is 69.9 Å². The SMILES string of the molecule is C=CCC1OC(CO)C(O)CC1O. The first-order valence-electron chi connectivity index (χ1n) is 4.42. The number of hydrogen-bond donors (Lipinski definition) is 3. The minimum atomic E-state index is -0.777. The number of aliphatic hydroxyl groups excluding tert-OH is 3. The van der Waals surface area contributed by atoms with Crippen molar-refractivity contribution >= 4 is 0 Å². The van der Waals surface area contributed by atoms with Crippen molar-refractivity contribution in [3.63, 3.8) is 0 Å². The van der Waals surface area contributed by atoms with Crippen LogP contribution in [0.3, 0.4) is 0 Å². The number of aliphatic hydroxyl groups is 3. The van der Waals surface area contributed by atoms with Crippen LogP contribution in [-0.2, 0) is 4.74 Å². The van der Waals surface area contributed by atoms with Gasteiger partial charge in [0.05, 0.1) is 24.9 Å². The van der Waals surface area contributed by atoms with Crippen LogP contribution in [0, 0.1) is 0 Å². The van der Waals surface area contributed by atoms with Crippen molar-refractivity contribution in [2.45, 2.75) is 37.3 Å². The molecule has 0 radical (unpaired) electrons. The van der Waals surface area contributed by atoms with Gasteiger partial charge < -0.3 is 20.1 Å². The zero-order valence-electron chi connectivity index (χ0n) is 7.47. The molecule has 4 heteroatoms. The Morgan fingerprint density at radius 3 is 2.46 bits per heavy atom. The molecule has 1 saturated heterocycles. The van der Waals surface area contributed by atoms with Gasteiger partial charge in [-0.1, -0.05) is 6.08 Å². The van der Waals surface area contributed by atoms with Crippen LogP contribution in [0.15, 0.2) is 12.7 Å². The first-order valence-corrected chi connectivity index (χ1v) is 4.42. The van der Waals surface area contributed by atoms with Crippen LogP contribution in [0.5, 0.6) is 0 Å². The highest BCUT2D eigenvalue weighted by molar-refractivity contribution is 4.87. The molecule has 0 saturated carbocycles. The van der Waals surface area contributed by atoms with E-state index in [0.29, 0.717) is 6.42 Å². The highest BCUT2D eigenvalue weighted by Crippen LogP contribution is 2.22. The Bertz CT molecular complexity index is 171. The minimum absolute atomic E-state index is 0.221. The summed E-state index contributed by atoms with van der Waals surface area (Å²) in [4.78, 5) is 0. The molecule has 0 spiro atoms. The van der Waals surface area contributed by atoms with Gasteiger partial charge in [0.1, 0.15) is 6.10 Å². The van der Waals surface area contributed by atoms with Gasteiger partial charge in [-0.25, -0.2) is 0 Å². The predicted octanol–water partition coefficient (Wildman–Crippen LogP) is -0.566. The summed E-state index contributed by atoms with van der Waals surface area (Å²) in [6.45, 7) is 3.32. The van der Waals surface area contributed by atoms with Gasteiger partial charge in [-0.15, -0.1) is 6.58 Å². The quantitative estimate of drug-likeness (QED) is 0.519. The average Bonchev–Trinajstić information content (AvgIpc) is 2.10. The summed E-state index contributed by atoms with van der Waals surface area (Å²) in [6.07, 6.45) is 0.0667. The Labute approximate surface area is 77.5 Å². The molecule has 4 unspecified atom stereocenters. The highest BCUT2D eigenvalue weighted by Gasteiger charge is 2.34. The first-order chi connectivity index (χ1) is 6.19. The second-order valence-corrected chi connectivity index (χ2v) is 3.29. The number of rotatable bonds is 3. The van der Waals surface area contributed by atoms with Crippen LogP contribution in [0.1, 0.15) is 12.8 Å². The van der Waals surface area contributed by atoms with E-state index in [4.69, 9.17) is 9.84 Å². The lowest BCUT2D eigenvalue weighted by Gasteiger charge is -2.36. The van der Waals surface area contributed by atoms with Crippen LogP contribution in [0.2, 0.25) is 0 Å². The number of hydrogen-bond acceptors (Lipinski definition) is 4. The average molecular weight is 188 g/mol. The summed E-state index contributed by atoms with van der Waals surface area (Å²) in [7, 11) is 0. The molecule has 4 atom stereocenters. The molecule has 1 aliphatic heterocycles. The summed E-state index contributed by atoms with van der Waals surface area (Å²) >= 11 is 0. The molecule has 13 heavy (non-hydrogen) atoms. The van der Waals surface area contributed by atoms with Crippen LogP contribution >= 0.6 is 0 Å². The Morgan fingerprint density at radius 1 is 1.31 bits per heavy atom. The highest BCUT2D eigenvalue weighted by atomic mass is 16.5. The fraction of sp³-hybridized carbons (Fsp3) is 0.778. The largest absolute Gasteiger partial charge is 0.394 e. The molecular weight excluding hydrogens is 172 g/mol. The molecule has 0 bridgehead atoms. The van der Waals surface area contributed by atoms with Gasteiger partial charge in [0, 0.05) is 6.42 Å². The summed E-state index contributed by atoms with van der Waals surface area (Å²) in [6, 6.07) is 0. The van der Waals surface area contributed by atoms with Crippen LogP contribution in [0.4, 0.5) is 0 Å².